The number of rotatable bonds is 8. The van der Waals surface area contributed by atoms with Crippen LogP contribution in [0.1, 0.15) is 19.3 Å². The number of benzene rings is 2. The molecule has 0 spiro atoms. The zero-order valence-electron chi connectivity index (χ0n) is 13.0. The van der Waals surface area contributed by atoms with Crippen molar-refractivity contribution in [2.75, 3.05) is 6.16 Å². The van der Waals surface area contributed by atoms with E-state index in [-0.39, 0.29) is 25.4 Å². The summed E-state index contributed by atoms with van der Waals surface area (Å²) in [7, 11) is -3.74. The van der Waals surface area contributed by atoms with E-state index in [1.54, 1.807) is 24.3 Å². The summed E-state index contributed by atoms with van der Waals surface area (Å²) in [4.78, 5) is 32.3. The van der Waals surface area contributed by atoms with Gasteiger partial charge in [0.15, 0.2) is 0 Å². The van der Waals surface area contributed by atoms with E-state index >= 15 is 0 Å². The predicted octanol–water partition coefficient (Wildman–Crippen LogP) is 2.69. The molecule has 6 nitrogen and oxygen atoms in total. The fourth-order valence-corrected chi connectivity index (χ4v) is 4.45. The molecule has 2 aromatic rings. The van der Waals surface area contributed by atoms with Gasteiger partial charge in [-0.25, -0.2) is 0 Å². The summed E-state index contributed by atoms with van der Waals surface area (Å²) in [6.07, 6.45) is -0.571. The molecule has 2 rings (SSSR count). The number of aliphatic carboxylic acids is 2. The normalized spacial score (nSPS) is 14.9. The Kier molecular flexibility index (Phi) is 5.75. The van der Waals surface area contributed by atoms with Gasteiger partial charge < -0.3 is 15.1 Å². The van der Waals surface area contributed by atoms with Crippen LogP contribution < -0.4 is 5.30 Å². The molecule has 0 aliphatic carbocycles. The van der Waals surface area contributed by atoms with Gasteiger partial charge in [-0.1, -0.05) is 36.4 Å². The Morgan fingerprint density at radius 2 is 1.67 bits per heavy atom. The van der Waals surface area contributed by atoms with Gasteiger partial charge in [-0.3, -0.25) is 14.2 Å². The van der Waals surface area contributed by atoms with E-state index in [1.165, 1.54) is 0 Å². The lowest BCUT2D eigenvalue weighted by molar-refractivity contribution is -0.143. The third-order valence-corrected chi connectivity index (χ3v) is 5.99. The Morgan fingerprint density at radius 3 is 2.33 bits per heavy atom. The van der Waals surface area contributed by atoms with Crippen LogP contribution >= 0.6 is 7.37 Å². The average Bonchev–Trinajstić information content (AvgIpc) is 2.53. The quantitative estimate of drug-likeness (QED) is 0.631. The molecular weight excluding hydrogens is 331 g/mol. The highest BCUT2D eigenvalue weighted by molar-refractivity contribution is 7.66. The molecule has 0 saturated carbocycles. The lowest BCUT2D eigenvalue weighted by atomic mass is 10.0. The van der Waals surface area contributed by atoms with Crippen molar-refractivity contribution in [2.24, 2.45) is 5.92 Å². The van der Waals surface area contributed by atoms with E-state index in [2.05, 4.69) is 0 Å². The molecule has 0 aliphatic heterocycles. The third kappa shape index (κ3) is 4.43. The van der Waals surface area contributed by atoms with E-state index in [0.717, 1.165) is 5.39 Å². The molecule has 2 atom stereocenters. The highest BCUT2D eigenvalue weighted by Crippen LogP contribution is 2.43. The van der Waals surface area contributed by atoms with Crippen molar-refractivity contribution in [3.05, 3.63) is 42.5 Å². The van der Waals surface area contributed by atoms with E-state index in [9.17, 15) is 19.0 Å². The fraction of sp³-hybridized carbons (Fsp3) is 0.294. The molecule has 0 saturated heterocycles. The van der Waals surface area contributed by atoms with Crippen molar-refractivity contribution in [3.8, 4) is 0 Å². The van der Waals surface area contributed by atoms with Crippen molar-refractivity contribution in [1.29, 1.82) is 0 Å². The molecular formula is C17H19O6P. The third-order valence-electron chi connectivity index (χ3n) is 3.98. The molecule has 2 aromatic carbocycles. The second-order valence-electron chi connectivity index (χ2n) is 5.68. The largest absolute Gasteiger partial charge is 0.481 e. The molecule has 24 heavy (non-hydrogen) atoms. The Bertz CT molecular complexity index is 795. The fourth-order valence-electron chi connectivity index (χ4n) is 2.65. The van der Waals surface area contributed by atoms with Gasteiger partial charge in [-0.15, -0.1) is 0 Å². The number of carboxylic acid groups (broad SMARTS) is 2. The minimum atomic E-state index is -3.74. The monoisotopic (exact) mass is 350 g/mol. The average molecular weight is 350 g/mol. The predicted molar refractivity (Wildman–Crippen MR) is 90.9 cm³/mol. The molecule has 0 heterocycles. The maximum atomic E-state index is 12.7. The summed E-state index contributed by atoms with van der Waals surface area (Å²) in [5.41, 5.74) is 0. The Labute approximate surface area is 139 Å². The maximum absolute atomic E-state index is 12.7. The van der Waals surface area contributed by atoms with Gasteiger partial charge in [0.05, 0.1) is 5.92 Å². The van der Waals surface area contributed by atoms with Gasteiger partial charge in [-0.05, 0) is 29.7 Å². The molecule has 0 aromatic heterocycles. The molecule has 3 N–H and O–H groups in total. The van der Waals surface area contributed by atoms with Gasteiger partial charge in [0.2, 0.25) is 7.37 Å². The standard InChI is InChI=1S/C17H19O6P/c18-16(19)9-8-13(17(20)21)10-11-24(22,23)15-7-3-5-12-4-1-2-6-14(12)15/h1-7,13H,8-11H2,(H,18,19)(H,20,21)(H,22,23). The van der Waals surface area contributed by atoms with Crippen LogP contribution in [0.15, 0.2) is 42.5 Å². The van der Waals surface area contributed by atoms with E-state index < -0.39 is 25.2 Å². The first-order chi connectivity index (χ1) is 11.3. The van der Waals surface area contributed by atoms with Gasteiger partial charge in [0.25, 0.3) is 0 Å². The number of fused-ring (bicyclic) bond motifs is 1. The summed E-state index contributed by atoms with van der Waals surface area (Å²) in [6, 6.07) is 12.3. The zero-order valence-corrected chi connectivity index (χ0v) is 13.9. The van der Waals surface area contributed by atoms with Crippen LogP contribution in [-0.4, -0.2) is 33.2 Å². The number of carbonyl (C=O) groups is 2. The van der Waals surface area contributed by atoms with Gasteiger partial charge in [0.1, 0.15) is 0 Å². The molecule has 2 unspecified atom stereocenters. The Balaban J connectivity index is 2.19. The number of carboxylic acids is 2. The molecule has 0 aliphatic rings. The van der Waals surface area contributed by atoms with Gasteiger partial charge in [-0.2, -0.15) is 0 Å². The Morgan fingerprint density at radius 1 is 1.00 bits per heavy atom. The van der Waals surface area contributed by atoms with Crippen molar-refractivity contribution >= 4 is 35.4 Å². The van der Waals surface area contributed by atoms with Crippen LogP contribution in [0.5, 0.6) is 0 Å². The molecule has 0 radical (unpaired) electrons. The minimum absolute atomic E-state index is 0.0421. The lowest BCUT2D eigenvalue weighted by Gasteiger charge is -2.17. The van der Waals surface area contributed by atoms with E-state index in [1.807, 2.05) is 18.2 Å². The summed E-state index contributed by atoms with van der Waals surface area (Å²) in [5, 5.41) is 19.6. The van der Waals surface area contributed by atoms with Crippen molar-refractivity contribution in [1.82, 2.24) is 0 Å². The van der Waals surface area contributed by atoms with E-state index in [4.69, 9.17) is 10.2 Å². The van der Waals surface area contributed by atoms with Crippen molar-refractivity contribution < 1.29 is 29.3 Å². The summed E-state index contributed by atoms with van der Waals surface area (Å²) >= 11 is 0. The van der Waals surface area contributed by atoms with Crippen molar-refractivity contribution in [2.45, 2.75) is 19.3 Å². The van der Waals surface area contributed by atoms with Gasteiger partial charge >= 0.3 is 11.9 Å². The minimum Gasteiger partial charge on any atom is -0.481 e. The van der Waals surface area contributed by atoms with Crippen LogP contribution in [-0.2, 0) is 14.2 Å². The van der Waals surface area contributed by atoms with Crippen LogP contribution in [0.4, 0.5) is 0 Å². The SMILES string of the molecule is O=C(O)CCC(CCP(=O)(O)c1cccc2ccccc12)C(=O)O. The summed E-state index contributed by atoms with van der Waals surface area (Å²) < 4.78 is 12.7. The zero-order chi connectivity index (χ0) is 17.7. The highest BCUT2D eigenvalue weighted by atomic mass is 31.2. The first kappa shape index (κ1) is 18.2. The lowest BCUT2D eigenvalue weighted by Crippen LogP contribution is -2.18. The maximum Gasteiger partial charge on any atom is 0.306 e. The summed E-state index contributed by atoms with van der Waals surface area (Å²) in [5.74, 6) is -3.17. The second-order valence-corrected chi connectivity index (χ2v) is 8.01. The first-order valence-electron chi connectivity index (χ1n) is 7.56. The molecule has 128 valence electrons. The van der Waals surface area contributed by atoms with Gasteiger partial charge in [0, 0.05) is 17.9 Å². The number of hydrogen-bond donors (Lipinski definition) is 3. The van der Waals surface area contributed by atoms with Crippen molar-refractivity contribution in [3.63, 3.8) is 0 Å². The van der Waals surface area contributed by atoms with Crippen LogP contribution in [0.25, 0.3) is 10.8 Å². The molecule has 0 amide bonds. The first-order valence-corrected chi connectivity index (χ1v) is 9.40. The smallest absolute Gasteiger partial charge is 0.306 e. The molecule has 0 fully saturated rings. The topological polar surface area (TPSA) is 112 Å². The second kappa shape index (κ2) is 7.60. The highest BCUT2D eigenvalue weighted by Gasteiger charge is 2.27. The summed E-state index contributed by atoms with van der Waals surface area (Å²) in [6.45, 7) is 0. The van der Waals surface area contributed by atoms with Crippen LogP contribution in [0.3, 0.4) is 0 Å². The van der Waals surface area contributed by atoms with E-state index in [0.29, 0.717) is 10.7 Å². The molecule has 7 heteroatoms. The Hall–Kier alpha value is -2.17. The number of hydrogen-bond acceptors (Lipinski definition) is 3. The van der Waals surface area contributed by atoms with Crippen LogP contribution in [0.2, 0.25) is 0 Å². The van der Waals surface area contributed by atoms with Crippen LogP contribution in [0, 0.1) is 5.92 Å². The molecule has 0 bridgehead atoms.